The van der Waals surface area contributed by atoms with Crippen LogP contribution in [-0.4, -0.2) is 10.6 Å². The molecule has 2 aromatic rings. The maximum absolute atomic E-state index is 12.9. The van der Waals surface area contributed by atoms with Crippen molar-refractivity contribution in [2.45, 2.75) is 9.65 Å². The monoisotopic (exact) mass is 402 g/mol. The summed E-state index contributed by atoms with van der Waals surface area (Å²) in [6.45, 7) is 0. The zero-order valence-electron chi connectivity index (χ0n) is 10.2. The SMILES string of the molecule is O=C(c1ccc(F)cc1)[C@H](Br)[C@@H](Br)c1ccc(F)cc1. The Morgan fingerprint density at radius 2 is 1.30 bits per heavy atom. The van der Waals surface area contributed by atoms with Crippen LogP contribution in [0.4, 0.5) is 8.78 Å². The molecule has 2 aromatic carbocycles. The molecule has 0 fully saturated rings. The van der Waals surface area contributed by atoms with E-state index in [1.54, 1.807) is 12.1 Å². The number of carbonyl (C=O) groups is 1. The van der Waals surface area contributed by atoms with Gasteiger partial charge in [0.2, 0.25) is 0 Å². The van der Waals surface area contributed by atoms with Gasteiger partial charge in [0.05, 0.1) is 9.65 Å². The van der Waals surface area contributed by atoms with Crippen molar-refractivity contribution < 1.29 is 13.6 Å². The topological polar surface area (TPSA) is 17.1 Å². The number of hydrogen-bond donors (Lipinski definition) is 0. The van der Waals surface area contributed by atoms with Gasteiger partial charge in [-0.1, -0.05) is 44.0 Å². The molecule has 0 heterocycles. The summed E-state index contributed by atoms with van der Waals surface area (Å²) in [6, 6.07) is 11.3. The Hall–Kier alpha value is -1.07. The summed E-state index contributed by atoms with van der Waals surface area (Å²) in [4.78, 5) is 11.4. The Morgan fingerprint density at radius 1 is 0.850 bits per heavy atom. The second-order valence-electron chi connectivity index (χ2n) is 4.23. The zero-order chi connectivity index (χ0) is 14.7. The molecule has 0 radical (unpaired) electrons. The third-order valence-corrected chi connectivity index (χ3v) is 5.54. The number of Topliss-reactive ketones (excluding diaryl/α,β-unsaturated/α-hetero) is 1. The first kappa shape index (κ1) is 15.3. The van der Waals surface area contributed by atoms with Crippen LogP contribution in [0.3, 0.4) is 0 Å². The van der Waals surface area contributed by atoms with E-state index in [2.05, 4.69) is 31.9 Å². The minimum atomic E-state index is -0.529. The van der Waals surface area contributed by atoms with Crippen molar-refractivity contribution in [2.24, 2.45) is 0 Å². The predicted molar refractivity (Wildman–Crippen MR) is 81.5 cm³/mol. The van der Waals surface area contributed by atoms with E-state index in [-0.39, 0.29) is 22.2 Å². The van der Waals surface area contributed by atoms with E-state index in [9.17, 15) is 13.6 Å². The molecule has 0 amide bonds. The van der Waals surface area contributed by atoms with Gasteiger partial charge in [0.1, 0.15) is 11.6 Å². The molecule has 2 atom stereocenters. The molecular weight excluding hydrogens is 394 g/mol. The van der Waals surface area contributed by atoms with Crippen LogP contribution in [-0.2, 0) is 0 Å². The van der Waals surface area contributed by atoms with Crippen molar-refractivity contribution in [3.8, 4) is 0 Å². The maximum atomic E-state index is 12.9. The number of hydrogen-bond acceptors (Lipinski definition) is 1. The van der Waals surface area contributed by atoms with Crippen LogP contribution in [0, 0.1) is 11.6 Å². The standard InChI is InChI=1S/C15H10Br2F2O/c16-13(9-1-5-11(18)6-2-9)14(17)15(20)10-3-7-12(19)8-4-10/h1-8,13-14H/t13-,14+/m0/s1. The molecule has 2 rings (SSSR count). The highest BCUT2D eigenvalue weighted by Gasteiger charge is 2.26. The molecule has 0 N–H and O–H groups in total. The Labute approximate surface area is 132 Å². The van der Waals surface area contributed by atoms with Gasteiger partial charge in [-0.3, -0.25) is 4.79 Å². The molecule has 0 bridgehead atoms. The van der Waals surface area contributed by atoms with Crippen LogP contribution in [0.15, 0.2) is 48.5 Å². The van der Waals surface area contributed by atoms with Crippen LogP contribution in [0.25, 0.3) is 0 Å². The Balaban J connectivity index is 2.17. The van der Waals surface area contributed by atoms with Gasteiger partial charge in [-0.15, -0.1) is 0 Å². The Kier molecular flexibility index (Phi) is 5.05. The van der Waals surface area contributed by atoms with E-state index in [1.165, 1.54) is 36.4 Å². The summed E-state index contributed by atoms with van der Waals surface area (Å²) in [5.74, 6) is -0.887. The molecule has 0 unspecified atom stereocenters. The van der Waals surface area contributed by atoms with Gasteiger partial charge in [0.15, 0.2) is 5.78 Å². The summed E-state index contributed by atoms with van der Waals surface area (Å²) >= 11 is 6.76. The van der Waals surface area contributed by atoms with Crippen LogP contribution in [0.1, 0.15) is 20.7 Å². The molecule has 0 aliphatic heterocycles. The summed E-state index contributed by atoms with van der Waals surface area (Å²) < 4.78 is 25.7. The van der Waals surface area contributed by atoms with Gasteiger partial charge in [-0.25, -0.2) is 8.78 Å². The minimum Gasteiger partial charge on any atom is -0.293 e. The molecule has 0 aromatic heterocycles. The fourth-order valence-corrected chi connectivity index (χ4v) is 2.84. The number of halogens is 4. The minimum absolute atomic E-state index is 0.170. The fourth-order valence-electron chi connectivity index (χ4n) is 1.72. The third kappa shape index (κ3) is 3.52. The first-order chi connectivity index (χ1) is 9.49. The van der Waals surface area contributed by atoms with Crippen molar-refractivity contribution in [1.82, 2.24) is 0 Å². The van der Waals surface area contributed by atoms with Gasteiger partial charge < -0.3 is 0 Å². The zero-order valence-corrected chi connectivity index (χ0v) is 13.4. The second-order valence-corrected chi connectivity index (χ2v) is 6.20. The number of benzene rings is 2. The van der Waals surface area contributed by atoms with E-state index in [1.807, 2.05) is 0 Å². The lowest BCUT2D eigenvalue weighted by molar-refractivity contribution is 0.0991. The molecule has 0 aliphatic rings. The molecule has 1 nitrogen and oxygen atoms in total. The number of carbonyl (C=O) groups excluding carboxylic acids is 1. The second kappa shape index (κ2) is 6.59. The van der Waals surface area contributed by atoms with Crippen molar-refractivity contribution in [2.75, 3.05) is 0 Å². The third-order valence-electron chi connectivity index (χ3n) is 2.82. The quantitative estimate of drug-likeness (QED) is 0.515. The largest absolute Gasteiger partial charge is 0.293 e. The fraction of sp³-hybridized carbons (Fsp3) is 0.133. The summed E-state index contributed by atoms with van der Waals surface area (Å²) in [6.07, 6.45) is 0. The lowest BCUT2D eigenvalue weighted by Gasteiger charge is -2.16. The first-order valence-corrected chi connectivity index (χ1v) is 7.65. The van der Waals surface area contributed by atoms with Gasteiger partial charge in [-0.05, 0) is 42.0 Å². The van der Waals surface area contributed by atoms with Crippen molar-refractivity contribution in [3.63, 3.8) is 0 Å². The molecule has 20 heavy (non-hydrogen) atoms. The van der Waals surface area contributed by atoms with Crippen molar-refractivity contribution in [3.05, 3.63) is 71.3 Å². The lowest BCUT2D eigenvalue weighted by Crippen LogP contribution is -2.19. The average molecular weight is 404 g/mol. The van der Waals surface area contributed by atoms with Crippen LogP contribution < -0.4 is 0 Å². The summed E-state index contributed by atoms with van der Waals surface area (Å²) in [5, 5.41) is 0. The maximum Gasteiger partial charge on any atom is 0.177 e. The van der Waals surface area contributed by atoms with Gasteiger partial charge in [-0.2, -0.15) is 0 Å². The van der Waals surface area contributed by atoms with Gasteiger partial charge in [0.25, 0.3) is 0 Å². The smallest absolute Gasteiger partial charge is 0.177 e. The van der Waals surface area contributed by atoms with E-state index in [4.69, 9.17) is 0 Å². The van der Waals surface area contributed by atoms with Crippen molar-refractivity contribution in [1.29, 1.82) is 0 Å². The van der Waals surface area contributed by atoms with Crippen LogP contribution in [0.2, 0.25) is 0 Å². The molecule has 5 heteroatoms. The molecule has 104 valence electrons. The first-order valence-electron chi connectivity index (χ1n) is 5.82. The lowest BCUT2D eigenvalue weighted by atomic mass is 10.0. The highest BCUT2D eigenvalue weighted by Crippen LogP contribution is 2.33. The van der Waals surface area contributed by atoms with Gasteiger partial charge in [0, 0.05) is 5.56 Å². The average Bonchev–Trinajstić information content (AvgIpc) is 2.46. The molecule has 0 aliphatic carbocycles. The predicted octanol–water partition coefficient (Wildman–Crippen LogP) is 5.05. The molecule has 0 spiro atoms. The number of ketones is 1. The van der Waals surface area contributed by atoms with E-state index < -0.39 is 4.83 Å². The van der Waals surface area contributed by atoms with Crippen LogP contribution in [0.5, 0.6) is 0 Å². The number of alkyl halides is 2. The summed E-state index contributed by atoms with van der Waals surface area (Å²) in [5.41, 5.74) is 1.20. The van der Waals surface area contributed by atoms with E-state index >= 15 is 0 Å². The molecular formula is C15H10Br2F2O. The van der Waals surface area contributed by atoms with Gasteiger partial charge >= 0.3 is 0 Å². The summed E-state index contributed by atoms with van der Waals surface area (Å²) in [7, 11) is 0. The highest BCUT2D eigenvalue weighted by atomic mass is 79.9. The van der Waals surface area contributed by atoms with Crippen LogP contribution >= 0.6 is 31.9 Å². The molecule has 0 saturated carbocycles. The normalized spacial score (nSPS) is 13.8. The highest BCUT2D eigenvalue weighted by molar-refractivity contribution is 9.12. The Morgan fingerprint density at radius 3 is 1.80 bits per heavy atom. The van der Waals surface area contributed by atoms with Crippen molar-refractivity contribution >= 4 is 37.6 Å². The van der Waals surface area contributed by atoms with E-state index in [0.29, 0.717) is 5.56 Å². The Bertz CT molecular complexity index is 596. The molecule has 0 saturated heterocycles. The van der Waals surface area contributed by atoms with E-state index in [0.717, 1.165) is 5.56 Å². The number of rotatable bonds is 4.